The standard InChI is InChI=1S/C16H12N2O3/c1-21-13-7-3-2-5-10(13)14-11(16(19)20)9-18-12-6-4-8-17-15(12)14/h2-9H,1H3,(H,19,20). The molecule has 0 radical (unpaired) electrons. The van der Waals surface area contributed by atoms with Gasteiger partial charge in [-0.2, -0.15) is 0 Å². The van der Waals surface area contributed by atoms with Crippen LogP contribution in [-0.2, 0) is 0 Å². The summed E-state index contributed by atoms with van der Waals surface area (Å²) in [6.07, 6.45) is 2.97. The highest BCUT2D eigenvalue weighted by Gasteiger charge is 2.19. The Kier molecular flexibility index (Phi) is 3.23. The van der Waals surface area contributed by atoms with Crippen molar-refractivity contribution in [2.75, 3.05) is 7.11 Å². The summed E-state index contributed by atoms with van der Waals surface area (Å²) in [5.74, 6) is -0.450. The van der Waals surface area contributed by atoms with Gasteiger partial charge >= 0.3 is 5.97 Å². The second-order valence-corrected chi connectivity index (χ2v) is 4.42. The van der Waals surface area contributed by atoms with E-state index in [9.17, 15) is 9.90 Å². The molecule has 0 atom stereocenters. The van der Waals surface area contributed by atoms with Crippen molar-refractivity contribution in [1.29, 1.82) is 0 Å². The first-order valence-corrected chi connectivity index (χ1v) is 6.33. The minimum Gasteiger partial charge on any atom is -0.496 e. The van der Waals surface area contributed by atoms with E-state index < -0.39 is 5.97 Å². The normalized spacial score (nSPS) is 10.5. The maximum Gasteiger partial charge on any atom is 0.337 e. The van der Waals surface area contributed by atoms with Gasteiger partial charge in [-0.1, -0.05) is 18.2 Å². The van der Waals surface area contributed by atoms with Gasteiger partial charge in [0.05, 0.1) is 23.7 Å². The number of pyridine rings is 2. The molecule has 0 amide bonds. The number of benzene rings is 1. The minimum atomic E-state index is -1.05. The average Bonchev–Trinajstić information content (AvgIpc) is 2.53. The average molecular weight is 280 g/mol. The van der Waals surface area contributed by atoms with E-state index in [0.717, 1.165) is 0 Å². The molecule has 0 saturated heterocycles. The van der Waals surface area contributed by atoms with Crippen LogP contribution < -0.4 is 4.74 Å². The zero-order valence-corrected chi connectivity index (χ0v) is 11.3. The van der Waals surface area contributed by atoms with Crippen molar-refractivity contribution < 1.29 is 14.6 Å². The van der Waals surface area contributed by atoms with Gasteiger partial charge in [0.2, 0.25) is 0 Å². The van der Waals surface area contributed by atoms with Crippen LogP contribution in [0.5, 0.6) is 5.75 Å². The van der Waals surface area contributed by atoms with Crippen LogP contribution in [0.4, 0.5) is 0 Å². The lowest BCUT2D eigenvalue weighted by molar-refractivity contribution is 0.0697. The van der Waals surface area contributed by atoms with E-state index in [2.05, 4.69) is 9.97 Å². The van der Waals surface area contributed by atoms with Gasteiger partial charge in [-0.15, -0.1) is 0 Å². The Labute approximate surface area is 120 Å². The van der Waals surface area contributed by atoms with Crippen molar-refractivity contribution in [2.24, 2.45) is 0 Å². The zero-order chi connectivity index (χ0) is 14.8. The van der Waals surface area contributed by atoms with E-state index in [1.54, 1.807) is 31.5 Å². The number of para-hydroxylation sites is 1. The number of hydrogen-bond acceptors (Lipinski definition) is 4. The number of rotatable bonds is 3. The fraction of sp³-hybridized carbons (Fsp3) is 0.0625. The monoisotopic (exact) mass is 280 g/mol. The molecule has 0 spiro atoms. The topological polar surface area (TPSA) is 72.3 Å². The number of nitrogens with zero attached hydrogens (tertiary/aromatic N) is 2. The highest BCUT2D eigenvalue weighted by atomic mass is 16.5. The van der Waals surface area contributed by atoms with Gasteiger partial charge in [0.1, 0.15) is 5.75 Å². The summed E-state index contributed by atoms with van der Waals surface area (Å²) in [7, 11) is 1.55. The number of methoxy groups -OCH3 is 1. The Balaban J connectivity index is 2.43. The SMILES string of the molecule is COc1ccccc1-c1c(C(=O)O)cnc2cccnc12. The molecule has 0 bridgehead atoms. The maximum absolute atomic E-state index is 11.5. The third kappa shape index (κ3) is 2.18. The molecular formula is C16H12N2O3. The van der Waals surface area contributed by atoms with Crippen LogP contribution in [-0.4, -0.2) is 28.2 Å². The number of carbonyl (C=O) groups is 1. The molecule has 0 aliphatic carbocycles. The number of carboxylic acids is 1. The molecule has 1 aromatic carbocycles. The van der Waals surface area contributed by atoms with Crippen molar-refractivity contribution in [3.63, 3.8) is 0 Å². The van der Waals surface area contributed by atoms with Crippen LogP contribution in [0, 0.1) is 0 Å². The Morgan fingerprint density at radius 2 is 1.95 bits per heavy atom. The van der Waals surface area contributed by atoms with E-state index in [1.165, 1.54) is 6.20 Å². The molecule has 0 unspecified atom stereocenters. The first-order valence-electron chi connectivity index (χ1n) is 6.33. The molecule has 0 aliphatic heterocycles. The Hall–Kier alpha value is -2.95. The molecule has 3 rings (SSSR count). The number of fused-ring (bicyclic) bond motifs is 1. The van der Waals surface area contributed by atoms with Gasteiger partial charge in [0, 0.05) is 23.5 Å². The van der Waals surface area contributed by atoms with Crippen molar-refractivity contribution in [3.8, 4) is 16.9 Å². The second-order valence-electron chi connectivity index (χ2n) is 4.42. The Morgan fingerprint density at radius 1 is 1.14 bits per heavy atom. The number of carboxylic acid groups (broad SMARTS) is 1. The molecule has 0 aliphatic rings. The lowest BCUT2D eigenvalue weighted by Crippen LogP contribution is -2.03. The molecule has 5 heteroatoms. The van der Waals surface area contributed by atoms with Crippen molar-refractivity contribution in [2.45, 2.75) is 0 Å². The quantitative estimate of drug-likeness (QED) is 0.798. The first kappa shape index (κ1) is 13.1. The molecular weight excluding hydrogens is 268 g/mol. The van der Waals surface area contributed by atoms with Gasteiger partial charge < -0.3 is 9.84 Å². The van der Waals surface area contributed by atoms with Crippen LogP contribution in [0.25, 0.3) is 22.2 Å². The molecule has 0 fully saturated rings. The van der Waals surface area contributed by atoms with Crippen LogP contribution >= 0.6 is 0 Å². The fourth-order valence-corrected chi connectivity index (χ4v) is 2.31. The summed E-state index contributed by atoms with van der Waals surface area (Å²) >= 11 is 0. The minimum absolute atomic E-state index is 0.103. The largest absolute Gasteiger partial charge is 0.496 e. The van der Waals surface area contributed by atoms with Gasteiger partial charge in [-0.05, 0) is 18.2 Å². The van der Waals surface area contributed by atoms with E-state index >= 15 is 0 Å². The Morgan fingerprint density at radius 3 is 2.71 bits per heavy atom. The summed E-state index contributed by atoms with van der Waals surface area (Å²) < 4.78 is 5.34. The van der Waals surface area contributed by atoms with Crippen molar-refractivity contribution >= 4 is 17.0 Å². The summed E-state index contributed by atoms with van der Waals surface area (Å²) in [4.78, 5) is 20.0. The second kappa shape index (κ2) is 5.20. The molecule has 1 N–H and O–H groups in total. The fourth-order valence-electron chi connectivity index (χ4n) is 2.31. The van der Waals surface area contributed by atoms with Gasteiger partial charge in [-0.25, -0.2) is 4.79 Å². The van der Waals surface area contributed by atoms with E-state index in [1.807, 2.05) is 18.2 Å². The summed E-state index contributed by atoms with van der Waals surface area (Å²) in [5, 5.41) is 9.44. The van der Waals surface area contributed by atoms with Crippen molar-refractivity contribution in [3.05, 3.63) is 54.4 Å². The molecule has 2 aromatic heterocycles. The summed E-state index contributed by atoms with van der Waals surface area (Å²) in [5.41, 5.74) is 2.49. The van der Waals surface area contributed by atoms with Gasteiger partial charge in [0.15, 0.2) is 0 Å². The van der Waals surface area contributed by atoms with Crippen LogP contribution in [0.15, 0.2) is 48.8 Å². The smallest absolute Gasteiger partial charge is 0.337 e. The highest BCUT2D eigenvalue weighted by molar-refractivity contribution is 6.05. The van der Waals surface area contributed by atoms with E-state index in [4.69, 9.17) is 4.74 Å². The van der Waals surface area contributed by atoms with E-state index in [0.29, 0.717) is 27.9 Å². The summed E-state index contributed by atoms with van der Waals surface area (Å²) in [6, 6.07) is 10.8. The van der Waals surface area contributed by atoms with Gasteiger partial charge in [0.25, 0.3) is 0 Å². The highest BCUT2D eigenvalue weighted by Crippen LogP contribution is 2.35. The van der Waals surface area contributed by atoms with Crippen LogP contribution in [0.2, 0.25) is 0 Å². The molecule has 3 aromatic rings. The number of aromatic carboxylic acids is 1. The predicted molar refractivity (Wildman–Crippen MR) is 78.5 cm³/mol. The third-order valence-electron chi connectivity index (χ3n) is 3.23. The van der Waals surface area contributed by atoms with Crippen LogP contribution in [0.1, 0.15) is 10.4 Å². The molecule has 2 heterocycles. The van der Waals surface area contributed by atoms with Crippen LogP contribution in [0.3, 0.4) is 0 Å². The molecule has 104 valence electrons. The maximum atomic E-state index is 11.5. The lowest BCUT2D eigenvalue weighted by Gasteiger charge is -2.12. The summed E-state index contributed by atoms with van der Waals surface area (Å²) in [6.45, 7) is 0. The third-order valence-corrected chi connectivity index (χ3v) is 3.23. The first-order chi connectivity index (χ1) is 10.2. The predicted octanol–water partition coefficient (Wildman–Crippen LogP) is 3.00. The Bertz CT molecular complexity index is 831. The molecule has 5 nitrogen and oxygen atoms in total. The van der Waals surface area contributed by atoms with Crippen molar-refractivity contribution in [1.82, 2.24) is 9.97 Å². The number of ether oxygens (including phenoxy) is 1. The van der Waals surface area contributed by atoms with Gasteiger partial charge in [-0.3, -0.25) is 9.97 Å². The number of aromatic nitrogens is 2. The zero-order valence-electron chi connectivity index (χ0n) is 11.3. The van der Waals surface area contributed by atoms with E-state index in [-0.39, 0.29) is 5.56 Å². The number of hydrogen-bond donors (Lipinski definition) is 1. The molecule has 0 saturated carbocycles. The molecule has 21 heavy (non-hydrogen) atoms. The lowest BCUT2D eigenvalue weighted by atomic mass is 9.98.